The van der Waals surface area contributed by atoms with Gasteiger partial charge < -0.3 is 19.8 Å². The topological polar surface area (TPSA) is 103 Å². The molecule has 2 N–H and O–H groups in total. The first-order valence-electron chi connectivity index (χ1n) is 8.13. The summed E-state index contributed by atoms with van der Waals surface area (Å²) in [6.07, 6.45) is 1.33. The van der Waals surface area contributed by atoms with Gasteiger partial charge in [-0.1, -0.05) is 0 Å². The Morgan fingerprint density at radius 3 is 2.80 bits per heavy atom. The van der Waals surface area contributed by atoms with E-state index in [1.54, 1.807) is 19.1 Å². The van der Waals surface area contributed by atoms with E-state index in [2.05, 4.69) is 0 Å². The predicted octanol–water partition coefficient (Wildman–Crippen LogP) is 1.26. The van der Waals surface area contributed by atoms with Crippen molar-refractivity contribution in [3.8, 4) is 5.75 Å². The number of nitrogens with two attached hydrogens (primary N) is 1. The first-order valence-corrected chi connectivity index (χ1v) is 8.13. The van der Waals surface area contributed by atoms with Gasteiger partial charge in [-0.05, 0) is 49.9 Å². The van der Waals surface area contributed by atoms with Gasteiger partial charge in [0.1, 0.15) is 17.4 Å². The molecule has 0 unspecified atom stereocenters. The summed E-state index contributed by atoms with van der Waals surface area (Å²) in [4.78, 5) is 36.9. The van der Waals surface area contributed by atoms with Crippen LogP contribution >= 0.6 is 0 Å². The van der Waals surface area contributed by atoms with Gasteiger partial charge in [-0.2, -0.15) is 0 Å². The summed E-state index contributed by atoms with van der Waals surface area (Å²) in [5, 5.41) is 0.658. The van der Waals surface area contributed by atoms with Crippen molar-refractivity contribution < 1.29 is 18.7 Å². The Hall–Kier alpha value is -2.83. The van der Waals surface area contributed by atoms with E-state index in [4.69, 9.17) is 14.9 Å². The third-order valence-corrected chi connectivity index (χ3v) is 4.40. The Kier molecular flexibility index (Phi) is 4.48. The highest BCUT2D eigenvalue weighted by molar-refractivity contribution is 5.89. The molecule has 1 aliphatic rings. The Labute approximate surface area is 144 Å². The number of nitrogens with zero attached hydrogens (tertiary/aromatic N) is 1. The number of hydrogen-bond acceptors (Lipinski definition) is 5. The average molecular weight is 344 g/mol. The molecule has 0 bridgehead atoms. The van der Waals surface area contributed by atoms with Crippen LogP contribution in [0.25, 0.3) is 11.0 Å². The quantitative estimate of drug-likeness (QED) is 0.841. The number of amides is 2. The summed E-state index contributed by atoms with van der Waals surface area (Å²) >= 11 is 0. The van der Waals surface area contributed by atoms with E-state index in [0.717, 1.165) is 12.0 Å². The summed E-state index contributed by atoms with van der Waals surface area (Å²) in [6.45, 7) is 3.92. The predicted molar refractivity (Wildman–Crippen MR) is 91.4 cm³/mol. The van der Waals surface area contributed by atoms with E-state index in [1.165, 1.54) is 11.0 Å². The molecule has 0 saturated carbocycles. The second kappa shape index (κ2) is 6.58. The molecule has 2 heterocycles. The maximum absolute atomic E-state index is 12.4. The molecule has 132 valence electrons. The zero-order valence-corrected chi connectivity index (χ0v) is 14.2. The highest BCUT2D eigenvalue weighted by Gasteiger charge is 2.32. The number of ether oxygens (including phenoxy) is 1. The zero-order valence-electron chi connectivity index (χ0n) is 14.2. The largest absolute Gasteiger partial charge is 0.483 e. The van der Waals surface area contributed by atoms with Gasteiger partial charge in [-0.3, -0.25) is 9.59 Å². The molecule has 7 nitrogen and oxygen atoms in total. The number of carbonyl (C=O) groups excluding carboxylic acids is 2. The minimum absolute atomic E-state index is 0.207. The number of fused-ring (bicyclic) bond motifs is 1. The maximum atomic E-state index is 12.4. The second-order valence-corrected chi connectivity index (χ2v) is 6.32. The van der Waals surface area contributed by atoms with Crippen LogP contribution < -0.4 is 16.1 Å². The fourth-order valence-electron chi connectivity index (χ4n) is 3.27. The van der Waals surface area contributed by atoms with Gasteiger partial charge in [0.25, 0.3) is 5.91 Å². The molecule has 1 fully saturated rings. The number of carbonyl (C=O) groups is 2. The first-order chi connectivity index (χ1) is 11.9. The molecule has 1 aliphatic heterocycles. The van der Waals surface area contributed by atoms with Gasteiger partial charge in [0, 0.05) is 12.6 Å². The van der Waals surface area contributed by atoms with Crippen molar-refractivity contribution in [1.29, 1.82) is 0 Å². The number of hydrogen-bond donors (Lipinski definition) is 1. The van der Waals surface area contributed by atoms with Crippen LogP contribution in [0.15, 0.2) is 27.4 Å². The van der Waals surface area contributed by atoms with Crippen LogP contribution in [-0.4, -0.2) is 35.9 Å². The van der Waals surface area contributed by atoms with Crippen LogP contribution in [0.3, 0.4) is 0 Å². The Morgan fingerprint density at radius 1 is 1.32 bits per heavy atom. The normalized spacial score (nSPS) is 17.0. The Morgan fingerprint density at radius 2 is 2.08 bits per heavy atom. The molecule has 25 heavy (non-hydrogen) atoms. The molecule has 0 radical (unpaired) electrons. The van der Waals surface area contributed by atoms with Gasteiger partial charge in [0.2, 0.25) is 5.91 Å². The lowest BCUT2D eigenvalue weighted by atomic mass is 10.1. The summed E-state index contributed by atoms with van der Waals surface area (Å²) < 4.78 is 10.9. The molecule has 1 aromatic heterocycles. The van der Waals surface area contributed by atoms with Crippen LogP contribution in [0.4, 0.5) is 0 Å². The van der Waals surface area contributed by atoms with Gasteiger partial charge in [-0.25, -0.2) is 4.79 Å². The average Bonchev–Trinajstić information content (AvgIpc) is 3.01. The van der Waals surface area contributed by atoms with Crippen molar-refractivity contribution >= 4 is 22.8 Å². The van der Waals surface area contributed by atoms with Crippen LogP contribution in [-0.2, 0) is 9.59 Å². The van der Waals surface area contributed by atoms with Crippen molar-refractivity contribution in [3.63, 3.8) is 0 Å². The number of likely N-dealkylation sites (tertiary alicyclic amines) is 1. The molecule has 1 atom stereocenters. The van der Waals surface area contributed by atoms with E-state index in [-0.39, 0.29) is 12.5 Å². The number of primary amides is 1. The molecular formula is C18H20N2O5. The van der Waals surface area contributed by atoms with E-state index >= 15 is 0 Å². The Balaban J connectivity index is 1.85. The minimum Gasteiger partial charge on any atom is -0.483 e. The standard InChI is InChI=1S/C18H20N2O5/c1-10-6-13(17-11(2)8-16(22)25-14(17)7-10)24-9-15(21)20-5-3-4-12(20)18(19)23/h6-8,12H,3-5,9H2,1-2H3,(H2,19,23)/t12-/m0/s1. The molecule has 1 saturated heterocycles. The van der Waals surface area contributed by atoms with Crippen LogP contribution in [0.1, 0.15) is 24.0 Å². The van der Waals surface area contributed by atoms with Crippen molar-refractivity contribution in [3.05, 3.63) is 39.7 Å². The number of aryl methyl sites for hydroxylation is 2. The molecule has 0 spiro atoms. The lowest BCUT2D eigenvalue weighted by molar-refractivity contribution is -0.138. The maximum Gasteiger partial charge on any atom is 0.336 e. The second-order valence-electron chi connectivity index (χ2n) is 6.32. The molecular weight excluding hydrogens is 324 g/mol. The monoisotopic (exact) mass is 344 g/mol. The minimum atomic E-state index is -0.565. The van der Waals surface area contributed by atoms with Crippen molar-refractivity contribution in [2.75, 3.05) is 13.2 Å². The van der Waals surface area contributed by atoms with Crippen molar-refractivity contribution in [2.24, 2.45) is 5.73 Å². The first kappa shape index (κ1) is 17.0. The zero-order chi connectivity index (χ0) is 18.1. The molecule has 2 amide bonds. The molecule has 1 aromatic carbocycles. The molecule has 2 aromatic rings. The van der Waals surface area contributed by atoms with Crippen LogP contribution in [0.5, 0.6) is 5.75 Å². The van der Waals surface area contributed by atoms with Gasteiger partial charge in [0.05, 0.1) is 5.39 Å². The molecule has 3 rings (SSSR count). The molecule has 7 heteroatoms. The lowest BCUT2D eigenvalue weighted by Gasteiger charge is -2.22. The summed E-state index contributed by atoms with van der Waals surface area (Å²) in [7, 11) is 0. The van der Waals surface area contributed by atoms with Gasteiger partial charge in [-0.15, -0.1) is 0 Å². The van der Waals surface area contributed by atoms with E-state index < -0.39 is 17.6 Å². The number of benzene rings is 1. The summed E-state index contributed by atoms with van der Waals surface area (Å²) in [5.41, 5.74) is 6.89. The van der Waals surface area contributed by atoms with Crippen LogP contribution in [0, 0.1) is 13.8 Å². The third-order valence-electron chi connectivity index (χ3n) is 4.40. The fraction of sp³-hybridized carbons (Fsp3) is 0.389. The third kappa shape index (κ3) is 3.35. The summed E-state index contributed by atoms with van der Waals surface area (Å²) in [5.74, 6) is -0.310. The van der Waals surface area contributed by atoms with Gasteiger partial charge >= 0.3 is 5.63 Å². The lowest BCUT2D eigenvalue weighted by Crippen LogP contribution is -2.45. The van der Waals surface area contributed by atoms with E-state index in [0.29, 0.717) is 35.2 Å². The number of rotatable bonds is 4. The Bertz CT molecular complexity index is 902. The summed E-state index contributed by atoms with van der Waals surface area (Å²) in [6, 6.07) is 4.36. The van der Waals surface area contributed by atoms with E-state index in [1.807, 2.05) is 6.92 Å². The molecule has 0 aliphatic carbocycles. The van der Waals surface area contributed by atoms with Crippen molar-refractivity contribution in [1.82, 2.24) is 4.90 Å². The smallest absolute Gasteiger partial charge is 0.336 e. The van der Waals surface area contributed by atoms with E-state index in [9.17, 15) is 14.4 Å². The fourth-order valence-corrected chi connectivity index (χ4v) is 3.27. The highest BCUT2D eigenvalue weighted by atomic mass is 16.5. The van der Waals surface area contributed by atoms with Crippen molar-refractivity contribution in [2.45, 2.75) is 32.7 Å². The SMILES string of the molecule is Cc1cc(OCC(=O)N2CCC[C@H]2C(N)=O)c2c(C)cc(=O)oc2c1. The van der Waals surface area contributed by atoms with Crippen LogP contribution in [0.2, 0.25) is 0 Å². The highest BCUT2D eigenvalue weighted by Crippen LogP contribution is 2.29. The van der Waals surface area contributed by atoms with Gasteiger partial charge in [0.15, 0.2) is 6.61 Å².